The molecule has 2 rings (SSSR count). The van der Waals surface area contributed by atoms with Gasteiger partial charge < -0.3 is 10.5 Å². The van der Waals surface area contributed by atoms with Gasteiger partial charge in [0.05, 0.1) is 6.61 Å². The van der Waals surface area contributed by atoms with E-state index in [0.29, 0.717) is 12.0 Å². The van der Waals surface area contributed by atoms with Gasteiger partial charge in [0, 0.05) is 18.6 Å². The van der Waals surface area contributed by atoms with Crippen molar-refractivity contribution in [1.29, 1.82) is 0 Å². The lowest BCUT2D eigenvalue weighted by Gasteiger charge is -2.39. The van der Waals surface area contributed by atoms with Gasteiger partial charge >= 0.3 is 0 Å². The van der Waals surface area contributed by atoms with Crippen LogP contribution in [0.3, 0.4) is 0 Å². The summed E-state index contributed by atoms with van der Waals surface area (Å²) in [6.45, 7) is 1.80. The Balaban J connectivity index is 1.88. The fourth-order valence-electron chi connectivity index (χ4n) is 2.13. The Morgan fingerprint density at radius 2 is 2.00 bits per heavy atom. The molecule has 0 aromatic carbocycles. The van der Waals surface area contributed by atoms with Crippen molar-refractivity contribution < 1.29 is 4.74 Å². The zero-order chi connectivity index (χ0) is 7.68. The van der Waals surface area contributed by atoms with Gasteiger partial charge in [-0.3, -0.25) is 0 Å². The molecule has 0 bridgehead atoms. The zero-order valence-corrected chi connectivity index (χ0v) is 6.96. The van der Waals surface area contributed by atoms with Gasteiger partial charge in [0.15, 0.2) is 0 Å². The Morgan fingerprint density at radius 1 is 1.18 bits per heavy atom. The van der Waals surface area contributed by atoms with Gasteiger partial charge in [0.1, 0.15) is 0 Å². The van der Waals surface area contributed by atoms with Gasteiger partial charge in [-0.15, -0.1) is 0 Å². The van der Waals surface area contributed by atoms with Gasteiger partial charge in [-0.2, -0.15) is 0 Å². The van der Waals surface area contributed by atoms with Crippen LogP contribution in [0, 0.1) is 11.8 Å². The van der Waals surface area contributed by atoms with Crippen LogP contribution in [0.4, 0.5) is 0 Å². The lowest BCUT2D eigenvalue weighted by atomic mass is 9.72. The summed E-state index contributed by atoms with van der Waals surface area (Å²) in [5, 5.41) is 0. The highest BCUT2D eigenvalue weighted by Crippen LogP contribution is 2.36. The quantitative estimate of drug-likeness (QED) is 0.616. The number of hydrogen-bond donors (Lipinski definition) is 1. The van der Waals surface area contributed by atoms with E-state index >= 15 is 0 Å². The van der Waals surface area contributed by atoms with Crippen LogP contribution in [0.5, 0.6) is 0 Å². The minimum Gasteiger partial charge on any atom is -0.381 e. The molecule has 2 aliphatic rings. The molecule has 0 spiro atoms. The van der Waals surface area contributed by atoms with Gasteiger partial charge in [-0.1, -0.05) is 19.3 Å². The summed E-state index contributed by atoms with van der Waals surface area (Å²) in [5.74, 6) is 1.57. The zero-order valence-electron chi connectivity index (χ0n) is 6.96. The molecule has 1 heterocycles. The Bertz CT molecular complexity index is 132. The van der Waals surface area contributed by atoms with Crippen LogP contribution in [0.2, 0.25) is 0 Å². The first-order valence-electron chi connectivity index (χ1n) is 4.71. The van der Waals surface area contributed by atoms with Crippen molar-refractivity contribution in [1.82, 2.24) is 0 Å². The topological polar surface area (TPSA) is 35.2 Å². The molecule has 2 N–H and O–H groups in total. The third-order valence-electron chi connectivity index (χ3n) is 3.21. The molecule has 0 aromatic rings. The van der Waals surface area contributed by atoms with Crippen LogP contribution in [-0.4, -0.2) is 19.3 Å². The third-order valence-corrected chi connectivity index (χ3v) is 3.21. The fourth-order valence-corrected chi connectivity index (χ4v) is 2.13. The summed E-state index contributed by atoms with van der Waals surface area (Å²) >= 11 is 0. The smallest absolute Gasteiger partial charge is 0.0511 e. The normalized spacial score (nSPS) is 40.1. The number of rotatable bonds is 1. The molecule has 2 atom stereocenters. The predicted octanol–water partition coefficient (Wildman–Crippen LogP) is 1.15. The standard InChI is InChI=1S/C9H17NO/c10-9-4-5-11-6-8(9)7-2-1-3-7/h7-9H,1-6,10H2. The van der Waals surface area contributed by atoms with Crippen LogP contribution < -0.4 is 5.73 Å². The van der Waals surface area contributed by atoms with Gasteiger partial charge in [0.25, 0.3) is 0 Å². The summed E-state index contributed by atoms with van der Waals surface area (Å²) < 4.78 is 5.43. The molecule has 2 nitrogen and oxygen atoms in total. The molecule has 1 aliphatic heterocycles. The molecule has 1 saturated heterocycles. The predicted molar refractivity (Wildman–Crippen MR) is 44.2 cm³/mol. The minimum absolute atomic E-state index is 0.425. The average Bonchev–Trinajstić information content (AvgIpc) is 1.90. The highest BCUT2D eigenvalue weighted by Gasteiger charge is 2.33. The highest BCUT2D eigenvalue weighted by molar-refractivity contribution is 4.86. The lowest BCUT2D eigenvalue weighted by molar-refractivity contribution is -0.000858. The third kappa shape index (κ3) is 1.42. The molecular weight excluding hydrogens is 138 g/mol. The summed E-state index contributed by atoms with van der Waals surface area (Å²) in [6.07, 6.45) is 5.26. The van der Waals surface area contributed by atoms with Crippen molar-refractivity contribution in [3.8, 4) is 0 Å². The van der Waals surface area contributed by atoms with Crippen molar-refractivity contribution in [2.24, 2.45) is 17.6 Å². The van der Waals surface area contributed by atoms with Gasteiger partial charge in [0.2, 0.25) is 0 Å². The van der Waals surface area contributed by atoms with Gasteiger partial charge in [-0.25, -0.2) is 0 Å². The van der Waals surface area contributed by atoms with Crippen molar-refractivity contribution in [2.75, 3.05) is 13.2 Å². The Kier molecular flexibility index (Phi) is 2.14. The molecule has 2 fully saturated rings. The Morgan fingerprint density at radius 3 is 2.55 bits per heavy atom. The summed E-state index contributed by atoms with van der Waals surface area (Å²) in [6, 6.07) is 0.425. The Hall–Kier alpha value is -0.0800. The minimum atomic E-state index is 0.425. The molecule has 2 heteroatoms. The first kappa shape index (κ1) is 7.56. The van der Waals surface area contributed by atoms with Crippen LogP contribution >= 0.6 is 0 Å². The van der Waals surface area contributed by atoms with E-state index in [1.165, 1.54) is 19.3 Å². The van der Waals surface area contributed by atoms with E-state index in [4.69, 9.17) is 10.5 Å². The summed E-state index contributed by atoms with van der Waals surface area (Å²) in [5.41, 5.74) is 6.01. The second kappa shape index (κ2) is 3.11. The molecule has 0 radical (unpaired) electrons. The molecule has 11 heavy (non-hydrogen) atoms. The molecular formula is C9H17NO. The van der Waals surface area contributed by atoms with Crippen LogP contribution in [-0.2, 0) is 4.74 Å². The molecule has 0 aromatic heterocycles. The molecule has 2 unspecified atom stereocenters. The molecule has 64 valence electrons. The number of ether oxygens (including phenoxy) is 1. The number of hydrogen-bond acceptors (Lipinski definition) is 2. The molecule has 0 amide bonds. The van der Waals surface area contributed by atoms with Crippen molar-refractivity contribution in [2.45, 2.75) is 31.7 Å². The van der Waals surface area contributed by atoms with E-state index in [-0.39, 0.29) is 0 Å². The first-order chi connectivity index (χ1) is 5.38. The maximum atomic E-state index is 6.01. The van der Waals surface area contributed by atoms with Crippen molar-refractivity contribution >= 4 is 0 Å². The van der Waals surface area contributed by atoms with E-state index in [9.17, 15) is 0 Å². The van der Waals surface area contributed by atoms with Gasteiger partial charge in [-0.05, 0) is 12.3 Å². The monoisotopic (exact) mass is 155 g/mol. The SMILES string of the molecule is NC1CCOCC1C1CCC1. The maximum Gasteiger partial charge on any atom is 0.0511 e. The second-order valence-electron chi connectivity index (χ2n) is 3.88. The summed E-state index contributed by atoms with van der Waals surface area (Å²) in [4.78, 5) is 0. The lowest BCUT2D eigenvalue weighted by Crippen LogP contribution is -2.44. The first-order valence-corrected chi connectivity index (χ1v) is 4.71. The van der Waals surface area contributed by atoms with Crippen LogP contribution in [0.25, 0.3) is 0 Å². The fraction of sp³-hybridized carbons (Fsp3) is 1.00. The van der Waals surface area contributed by atoms with E-state index in [2.05, 4.69) is 0 Å². The van der Waals surface area contributed by atoms with E-state index in [1.807, 2.05) is 0 Å². The van der Waals surface area contributed by atoms with Crippen molar-refractivity contribution in [3.63, 3.8) is 0 Å². The Labute approximate surface area is 68.1 Å². The van der Waals surface area contributed by atoms with E-state index in [1.54, 1.807) is 0 Å². The van der Waals surface area contributed by atoms with E-state index < -0.39 is 0 Å². The largest absolute Gasteiger partial charge is 0.381 e. The van der Waals surface area contributed by atoms with Crippen LogP contribution in [0.1, 0.15) is 25.7 Å². The van der Waals surface area contributed by atoms with E-state index in [0.717, 1.165) is 25.6 Å². The maximum absolute atomic E-state index is 6.01. The average molecular weight is 155 g/mol. The number of nitrogens with two attached hydrogens (primary N) is 1. The second-order valence-corrected chi connectivity index (χ2v) is 3.88. The molecule has 1 saturated carbocycles. The van der Waals surface area contributed by atoms with Crippen molar-refractivity contribution in [3.05, 3.63) is 0 Å². The molecule has 1 aliphatic carbocycles. The van der Waals surface area contributed by atoms with Crippen LogP contribution in [0.15, 0.2) is 0 Å². The highest BCUT2D eigenvalue weighted by atomic mass is 16.5. The summed E-state index contributed by atoms with van der Waals surface area (Å²) in [7, 11) is 0.